The third kappa shape index (κ3) is 7.84. The SMILES string of the molecule is CCCCC1(c2ccc(CC(N)(c3cccc(N(C(=O)OC(C)(C)C)C(C(=O)O)C(C)(C)C)n3)S(=O)(=O)c3ccncc3)cc2)CC1. The molecule has 1 saturated carbocycles. The van der Waals surface area contributed by atoms with E-state index >= 15 is 0 Å². The highest BCUT2D eigenvalue weighted by atomic mass is 32.2. The Morgan fingerprint density at radius 1 is 1.00 bits per heavy atom. The number of hydrogen-bond acceptors (Lipinski definition) is 8. The fourth-order valence-corrected chi connectivity index (χ4v) is 7.63. The molecule has 0 bridgehead atoms. The second-order valence-corrected chi connectivity index (χ2v) is 16.9. The van der Waals surface area contributed by atoms with Crippen LogP contribution >= 0.6 is 0 Å². The Morgan fingerprint density at radius 2 is 1.62 bits per heavy atom. The van der Waals surface area contributed by atoms with Crippen LogP contribution < -0.4 is 10.6 Å². The Morgan fingerprint density at radius 3 is 2.13 bits per heavy atom. The van der Waals surface area contributed by atoms with Gasteiger partial charge in [0, 0.05) is 18.8 Å². The summed E-state index contributed by atoms with van der Waals surface area (Å²) < 4.78 is 34.5. The number of nitrogens with zero attached hydrogens (tertiary/aromatic N) is 3. The lowest BCUT2D eigenvalue weighted by Gasteiger charge is -2.38. The molecule has 1 fully saturated rings. The van der Waals surface area contributed by atoms with Gasteiger partial charge in [-0.3, -0.25) is 4.98 Å². The third-order valence-electron chi connectivity index (χ3n) is 8.65. The van der Waals surface area contributed by atoms with Crippen molar-refractivity contribution in [3.8, 4) is 0 Å². The van der Waals surface area contributed by atoms with Crippen molar-refractivity contribution in [2.75, 3.05) is 4.90 Å². The molecule has 3 N–H and O–H groups in total. The van der Waals surface area contributed by atoms with Gasteiger partial charge in [0.25, 0.3) is 0 Å². The van der Waals surface area contributed by atoms with E-state index < -0.39 is 43.8 Å². The molecule has 0 saturated heterocycles. The van der Waals surface area contributed by atoms with Gasteiger partial charge >= 0.3 is 12.1 Å². The topological polar surface area (TPSA) is 153 Å². The monoisotopic (exact) mass is 664 g/mol. The number of nitrogens with two attached hydrogens (primary N) is 1. The number of aliphatic carboxylic acids is 1. The first kappa shape index (κ1) is 36.0. The van der Waals surface area contributed by atoms with Crippen LogP contribution in [0.2, 0.25) is 0 Å². The van der Waals surface area contributed by atoms with Gasteiger partial charge in [0.1, 0.15) is 17.5 Å². The quantitative estimate of drug-likeness (QED) is 0.214. The van der Waals surface area contributed by atoms with Crippen LogP contribution in [0.4, 0.5) is 10.6 Å². The number of carbonyl (C=O) groups is 2. The maximum atomic E-state index is 14.4. The number of ether oxygens (including phenoxy) is 1. The van der Waals surface area contributed by atoms with Gasteiger partial charge in [-0.25, -0.2) is 27.9 Å². The molecular weight excluding hydrogens is 616 g/mol. The fourth-order valence-electron chi connectivity index (χ4n) is 5.98. The van der Waals surface area contributed by atoms with Gasteiger partial charge in [-0.15, -0.1) is 0 Å². The van der Waals surface area contributed by atoms with Crippen LogP contribution in [0.25, 0.3) is 0 Å². The first-order valence-electron chi connectivity index (χ1n) is 16.1. The minimum absolute atomic E-state index is 0.0441. The molecule has 2 atom stereocenters. The molecule has 1 aliphatic rings. The lowest BCUT2D eigenvalue weighted by Crippen LogP contribution is -2.54. The number of carbonyl (C=O) groups excluding carboxylic acids is 1. The van der Waals surface area contributed by atoms with E-state index in [9.17, 15) is 23.1 Å². The van der Waals surface area contributed by atoms with E-state index in [-0.39, 0.29) is 28.2 Å². The second kappa shape index (κ2) is 13.4. The van der Waals surface area contributed by atoms with Gasteiger partial charge < -0.3 is 15.6 Å². The molecular formula is C36H48N4O6S. The van der Waals surface area contributed by atoms with Gasteiger partial charge in [0.05, 0.1) is 10.6 Å². The molecule has 11 heteroatoms. The summed E-state index contributed by atoms with van der Waals surface area (Å²) in [4.78, 5) is 33.7. The molecule has 2 heterocycles. The second-order valence-electron chi connectivity index (χ2n) is 14.7. The molecule has 0 radical (unpaired) electrons. The molecule has 1 aliphatic carbocycles. The summed E-state index contributed by atoms with van der Waals surface area (Å²) >= 11 is 0. The number of aromatic nitrogens is 2. The molecule has 254 valence electrons. The van der Waals surface area contributed by atoms with Crippen molar-refractivity contribution < 1.29 is 27.9 Å². The highest BCUT2D eigenvalue weighted by Gasteiger charge is 2.47. The number of anilines is 1. The number of sulfone groups is 1. The van der Waals surface area contributed by atoms with Gasteiger partial charge in [0.2, 0.25) is 9.84 Å². The van der Waals surface area contributed by atoms with Gasteiger partial charge in [-0.1, -0.05) is 70.9 Å². The van der Waals surface area contributed by atoms with Crippen molar-refractivity contribution in [2.45, 2.75) is 114 Å². The summed E-state index contributed by atoms with van der Waals surface area (Å²) in [5, 5.41) is 10.3. The van der Waals surface area contributed by atoms with Crippen molar-refractivity contribution in [1.29, 1.82) is 0 Å². The van der Waals surface area contributed by atoms with Crippen LogP contribution in [0.5, 0.6) is 0 Å². The Bertz CT molecular complexity index is 1680. The van der Waals surface area contributed by atoms with Gasteiger partial charge in [-0.05, 0) is 86.3 Å². The molecule has 2 aromatic heterocycles. The summed E-state index contributed by atoms with van der Waals surface area (Å²) in [6, 6.07) is 13.8. The maximum Gasteiger partial charge on any atom is 0.416 e. The number of hydrogen-bond donors (Lipinski definition) is 2. The smallest absolute Gasteiger partial charge is 0.416 e. The van der Waals surface area contributed by atoms with Crippen LogP contribution in [0, 0.1) is 5.41 Å². The zero-order valence-electron chi connectivity index (χ0n) is 28.5. The van der Waals surface area contributed by atoms with Crippen LogP contribution in [-0.4, -0.2) is 47.2 Å². The highest BCUT2D eigenvalue weighted by molar-refractivity contribution is 7.92. The Kier molecular flexibility index (Phi) is 10.2. The predicted octanol–water partition coefficient (Wildman–Crippen LogP) is 6.77. The average molecular weight is 665 g/mol. The zero-order valence-corrected chi connectivity index (χ0v) is 29.3. The number of unbranched alkanes of at least 4 members (excludes halogenated alkanes) is 1. The van der Waals surface area contributed by atoms with E-state index in [0.29, 0.717) is 5.56 Å². The first-order chi connectivity index (χ1) is 21.8. The number of benzene rings is 1. The van der Waals surface area contributed by atoms with Gasteiger partial charge in [-0.2, -0.15) is 0 Å². The summed E-state index contributed by atoms with van der Waals surface area (Å²) in [7, 11) is -4.32. The Hall–Kier alpha value is -3.83. The lowest BCUT2D eigenvalue weighted by atomic mass is 9.85. The van der Waals surface area contributed by atoms with Gasteiger partial charge in [0.15, 0.2) is 4.87 Å². The molecule has 2 unspecified atom stereocenters. The molecule has 1 amide bonds. The minimum atomic E-state index is -4.32. The number of rotatable bonds is 12. The fraction of sp³-hybridized carbons (Fsp3) is 0.500. The summed E-state index contributed by atoms with van der Waals surface area (Å²) in [5.41, 5.74) is 7.17. The van der Waals surface area contributed by atoms with Crippen LogP contribution in [-0.2, 0) is 36.1 Å². The maximum absolute atomic E-state index is 14.4. The van der Waals surface area contributed by atoms with E-state index in [1.165, 1.54) is 48.3 Å². The molecule has 4 rings (SSSR count). The number of carboxylic acids is 1. The van der Waals surface area contributed by atoms with Crippen LogP contribution in [0.15, 0.2) is 71.9 Å². The van der Waals surface area contributed by atoms with E-state index in [4.69, 9.17) is 10.5 Å². The van der Waals surface area contributed by atoms with E-state index in [1.54, 1.807) is 41.5 Å². The van der Waals surface area contributed by atoms with E-state index in [2.05, 4.69) is 29.0 Å². The molecule has 0 spiro atoms. The third-order valence-corrected chi connectivity index (χ3v) is 10.9. The van der Waals surface area contributed by atoms with Crippen molar-refractivity contribution in [1.82, 2.24) is 9.97 Å². The molecule has 47 heavy (non-hydrogen) atoms. The Balaban J connectivity index is 1.85. The average Bonchev–Trinajstić information content (AvgIpc) is 3.78. The first-order valence-corrected chi connectivity index (χ1v) is 17.6. The summed E-state index contributed by atoms with van der Waals surface area (Å²) in [6.07, 6.45) is 7.37. The zero-order chi connectivity index (χ0) is 34.8. The largest absolute Gasteiger partial charge is 0.480 e. The van der Waals surface area contributed by atoms with E-state index in [1.807, 2.05) is 12.1 Å². The van der Waals surface area contributed by atoms with E-state index in [0.717, 1.165) is 37.0 Å². The van der Waals surface area contributed by atoms with Crippen molar-refractivity contribution in [2.24, 2.45) is 11.1 Å². The molecule has 10 nitrogen and oxygen atoms in total. The standard InChI is InChI=1S/C36H48N4O6S/c1-8-9-19-35(20-21-35)26-15-13-25(14-16-26)24-36(37,47(44,45)27-17-22-38-23-18-27)28-11-10-12-29(39-28)40(32(43)46-34(5,6)7)30(31(41)42)33(2,3)4/h10-18,22-23,30H,8-9,19-21,24,37H2,1-7H3,(H,41,42). The van der Waals surface area contributed by atoms with Crippen molar-refractivity contribution in [3.63, 3.8) is 0 Å². The van der Waals surface area contributed by atoms with Crippen molar-refractivity contribution in [3.05, 3.63) is 83.8 Å². The summed E-state index contributed by atoms with van der Waals surface area (Å²) in [6.45, 7) is 12.3. The Labute approximate surface area is 278 Å². The van der Waals surface area contributed by atoms with Crippen LogP contribution in [0.1, 0.15) is 97.4 Å². The number of pyridine rings is 2. The summed E-state index contributed by atoms with van der Waals surface area (Å²) in [5.74, 6) is -1.37. The normalized spacial score (nSPS) is 16.5. The highest BCUT2D eigenvalue weighted by Crippen LogP contribution is 2.52. The molecule has 0 aliphatic heterocycles. The molecule has 1 aromatic carbocycles. The van der Waals surface area contributed by atoms with Crippen LogP contribution in [0.3, 0.4) is 0 Å². The molecule has 3 aromatic rings. The number of amides is 1. The van der Waals surface area contributed by atoms with Crippen molar-refractivity contribution >= 4 is 27.7 Å². The predicted molar refractivity (Wildman–Crippen MR) is 182 cm³/mol. The lowest BCUT2D eigenvalue weighted by molar-refractivity contribution is -0.141. The number of carboxylic acid groups (broad SMARTS) is 1. The minimum Gasteiger partial charge on any atom is -0.480 e.